The molecule has 0 aliphatic carbocycles. The number of methoxy groups -OCH3 is 1. The van der Waals surface area contributed by atoms with Crippen LogP contribution in [0.2, 0.25) is 5.02 Å². The minimum absolute atomic E-state index is 0.237. The van der Waals surface area contributed by atoms with Gasteiger partial charge in [-0.25, -0.2) is 9.59 Å². The van der Waals surface area contributed by atoms with Crippen molar-refractivity contribution >= 4 is 41.3 Å². The maximum Gasteiger partial charge on any atom is 0.328 e. The highest BCUT2D eigenvalue weighted by Gasteiger charge is 2.31. The second kappa shape index (κ2) is 16.6. The molecule has 0 aromatic heterocycles. The van der Waals surface area contributed by atoms with Crippen LogP contribution in [0.25, 0.3) is 0 Å². The lowest BCUT2D eigenvalue weighted by Gasteiger charge is -2.27. The largest absolute Gasteiger partial charge is 0.467 e. The summed E-state index contributed by atoms with van der Waals surface area (Å²) in [5, 5.41) is 14.3. The van der Waals surface area contributed by atoms with Crippen LogP contribution >= 0.6 is 11.6 Å². The summed E-state index contributed by atoms with van der Waals surface area (Å²) in [5.74, 6) is -2.33. The van der Waals surface area contributed by atoms with Crippen LogP contribution in [0.4, 0.5) is 4.79 Å². The highest BCUT2D eigenvalue weighted by atomic mass is 35.5. The number of halogens is 1. The molecule has 0 spiro atoms. The molecule has 0 bridgehead atoms. The van der Waals surface area contributed by atoms with Crippen LogP contribution in [0, 0.1) is 11.8 Å². The zero-order valence-corrected chi connectivity index (χ0v) is 25.0. The molecule has 2 rings (SSSR count). The van der Waals surface area contributed by atoms with Crippen molar-refractivity contribution in [3.8, 4) is 0 Å². The molecule has 1 aliphatic rings. The monoisotopic (exact) mass is 591 g/mol. The Morgan fingerprint density at radius 3 is 2.24 bits per heavy atom. The molecule has 41 heavy (non-hydrogen) atoms. The maximum atomic E-state index is 13.4. The SMILES string of the molecule is COC(=O)[C@@H](NC(=O)N[C@H](C(=O)N[C@H]1CCCCNC(=O)/C=C\[C@H](Cc2ccc(Cl)cc2)NC1=O)C(C)C)C(C)C. The van der Waals surface area contributed by atoms with Gasteiger partial charge in [-0.15, -0.1) is 0 Å². The molecule has 1 aromatic carbocycles. The van der Waals surface area contributed by atoms with E-state index in [9.17, 15) is 24.0 Å². The Morgan fingerprint density at radius 2 is 1.63 bits per heavy atom. The first-order valence-electron chi connectivity index (χ1n) is 13.9. The van der Waals surface area contributed by atoms with E-state index in [1.807, 2.05) is 12.1 Å². The van der Waals surface area contributed by atoms with Gasteiger partial charge >= 0.3 is 12.0 Å². The van der Waals surface area contributed by atoms with Crippen molar-refractivity contribution in [1.29, 1.82) is 0 Å². The Kier molecular flexibility index (Phi) is 13.6. The molecule has 1 aromatic rings. The molecule has 12 heteroatoms. The molecule has 1 heterocycles. The van der Waals surface area contributed by atoms with Crippen molar-refractivity contribution in [2.45, 2.75) is 77.5 Å². The first-order chi connectivity index (χ1) is 19.4. The third-order valence-electron chi connectivity index (χ3n) is 6.67. The van der Waals surface area contributed by atoms with Gasteiger partial charge in [0.25, 0.3) is 0 Å². The van der Waals surface area contributed by atoms with E-state index in [1.54, 1.807) is 45.9 Å². The van der Waals surface area contributed by atoms with E-state index < -0.39 is 48.0 Å². The number of hydrogen-bond donors (Lipinski definition) is 5. The summed E-state index contributed by atoms with van der Waals surface area (Å²) in [6, 6.07) is 3.21. The van der Waals surface area contributed by atoms with Gasteiger partial charge < -0.3 is 31.3 Å². The summed E-state index contributed by atoms with van der Waals surface area (Å²) in [6.45, 7) is 7.49. The molecule has 0 fully saturated rings. The average molecular weight is 592 g/mol. The molecule has 0 saturated carbocycles. The fourth-order valence-electron chi connectivity index (χ4n) is 4.29. The van der Waals surface area contributed by atoms with Crippen LogP contribution in [-0.2, 0) is 30.3 Å². The summed E-state index contributed by atoms with van der Waals surface area (Å²) in [5.41, 5.74) is 0.902. The minimum atomic E-state index is -0.973. The number of carbonyl (C=O) groups excluding carboxylic acids is 5. The molecule has 5 N–H and O–H groups in total. The van der Waals surface area contributed by atoms with Crippen LogP contribution in [-0.4, -0.2) is 67.5 Å². The normalized spacial score (nSPS) is 20.4. The van der Waals surface area contributed by atoms with Gasteiger partial charge in [0.05, 0.1) is 13.2 Å². The third kappa shape index (κ3) is 11.4. The average Bonchev–Trinajstić information content (AvgIpc) is 2.92. The third-order valence-corrected chi connectivity index (χ3v) is 6.92. The highest BCUT2D eigenvalue weighted by molar-refractivity contribution is 6.30. The number of benzene rings is 1. The topological polar surface area (TPSA) is 155 Å². The van der Waals surface area contributed by atoms with Gasteiger partial charge in [0.15, 0.2) is 0 Å². The maximum absolute atomic E-state index is 13.4. The van der Waals surface area contributed by atoms with Crippen molar-refractivity contribution in [2.24, 2.45) is 11.8 Å². The predicted octanol–water partition coefficient (Wildman–Crippen LogP) is 2.23. The van der Waals surface area contributed by atoms with E-state index >= 15 is 0 Å². The summed E-state index contributed by atoms with van der Waals surface area (Å²) < 4.78 is 4.76. The molecule has 0 saturated heterocycles. The minimum Gasteiger partial charge on any atom is -0.467 e. The van der Waals surface area contributed by atoms with Crippen LogP contribution in [0.1, 0.15) is 52.5 Å². The van der Waals surface area contributed by atoms with Crippen LogP contribution < -0.4 is 26.6 Å². The molecule has 0 unspecified atom stereocenters. The number of rotatable bonds is 9. The molecular formula is C29H42ClN5O6. The number of urea groups is 1. The second-order valence-corrected chi connectivity index (χ2v) is 11.2. The van der Waals surface area contributed by atoms with Gasteiger partial charge in [-0.3, -0.25) is 14.4 Å². The van der Waals surface area contributed by atoms with Crippen molar-refractivity contribution < 1.29 is 28.7 Å². The van der Waals surface area contributed by atoms with E-state index in [0.29, 0.717) is 37.3 Å². The van der Waals surface area contributed by atoms with Crippen LogP contribution in [0.3, 0.4) is 0 Å². The second-order valence-electron chi connectivity index (χ2n) is 10.7. The summed E-state index contributed by atoms with van der Waals surface area (Å²) in [4.78, 5) is 63.7. The Balaban J connectivity index is 2.18. The lowest BCUT2D eigenvalue weighted by molar-refractivity contribution is -0.144. The van der Waals surface area contributed by atoms with Gasteiger partial charge in [0.1, 0.15) is 18.1 Å². The number of ether oxygens (including phenoxy) is 1. The molecular weight excluding hydrogens is 550 g/mol. The number of nitrogens with one attached hydrogen (secondary N) is 5. The zero-order valence-electron chi connectivity index (χ0n) is 24.3. The number of amides is 5. The smallest absolute Gasteiger partial charge is 0.328 e. The standard InChI is InChI=1S/C29H42ClN5O6/c1-17(2)24(34-29(40)35-25(18(3)4)28(39)41-5)27(38)33-22-8-6-7-15-31-23(36)14-13-21(32-26(22)37)16-19-9-11-20(30)12-10-19/h9-14,17-18,21-22,24-25H,6-8,15-16H2,1-5H3,(H,31,36)(H,32,37)(H,33,38)(H2,34,35,40)/b14-13-/t21-,22+,24+,25+/m1/s1. The van der Waals surface area contributed by atoms with Crippen molar-refractivity contribution in [3.05, 3.63) is 47.0 Å². The molecule has 0 radical (unpaired) electrons. The van der Waals surface area contributed by atoms with E-state index in [2.05, 4.69) is 26.6 Å². The fourth-order valence-corrected chi connectivity index (χ4v) is 4.41. The van der Waals surface area contributed by atoms with Gasteiger partial charge in [0, 0.05) is 17.6 Å². The fraction of sp³-hybridized carbons (Fsp3) is 0.552. The van der Waals surface area contributed by atoms with Crippen molar-refractivity contribution in [2.75, 3.05) is 13.7 Å². The summed E-state index contributed by atoms with van der Waals surface area (Å²) in [7, 11) is 1.24. The Bertz CT molecular complexity index is 1090. The zero-order chi connectivity index (χ0) is 30.5. The lowest BCUT2D eigenvalue weighted by atomic mass is 10.0. The molecule has 11 nitrogen and oxygen atoms in total. The van der Waals surface area contributed by atoms with Gasteiger partial charge in [0.2, 0.25) is 17.7 Å². The van der Waals surface area contributed by atoms with E-state index in [1.165, 1.54) is 13.2 Å². The van der Waals surface area contributed by atoms with Crippen LogP contribution in [0.5, 0.6) is 0 Å². The van der Waals surface area contributed by atoms with Gasteiger partial charge in [-0.2, -0.15) is 0 Å². The Hall–Kier alpha value is -3.60. The van der Waals surface area contributed by atoms with E-state index in [4.69, 9.17) is 16.3 Å². The van der Waals surface area contributed by atoms with Crippen LogP contribution in [0.15, 0.2) is 36.4 Å². The van der Waals surface area contributed by atoms with Gasteiger partial charge in [-0.1, -0.05) is 57.5 Å². The molecule has 5 amide bonds. The number of hydrogen-bond acceptors (Lipinski definition) is 6. The van der Waals surface area contributed by atoms with Gasteiger partial charge in [-0.05, 0) is 55.2 Å². The van der Waals surface area contributed by atoms with E-state index in [0.717, 1.165) is 5.56 Å². The van der Waals surface area contributed by atoms with Crippen molar-refractivity contribution in [1.82, 2.24) is 26.6 Å². The first kappa shape index (κ1) is 33.6. The molecule has 1 aliphatic heterocycles. The summed E-state index contributed by atoms with van der Waals surface area (Å²) in [6.07, 6.45) is 4.94. The highest BCUT2D eigenvalue weighted by Crippen LogP contribution is 2.13. The summed E-state index contributed by atoms with van der Waals surface area (Å²) >= 11 is 6.00. The van der Waals surface area contributed by atoms with E-state index in [-0.39, 0.29) is 17.7 Å². The lowest BCUT2D eigenvalue weighted by Crippen LogP contribution is -2.59. The Labute approximate surface area is 246 Å². The number of esters is 1. The predicted molar refractivity (Wildman–Crippen MR) is 156 cm³/mol. The quantitative estimate of drug-likeness (QED) is 0.277. The molecule has 4 atom stereocenters. The van der Waals surface area contributed by atoms with Crippen molar-refractivity contribution in [3.63, 3.8) is 0 Å². The molecule has 226 valence electrons. The number of carbonyl (C=O) groups is 5. The first-order valence-corrected chi connectivity index (χ1v) is 14.2. The Morgan fingerprint density at radius 1 is 1.00 bits per heavy atom.